The molecule has 28 heavy (non-hydrogen) atoms. The van der Waals surface area contributed by atoms with Crippen molar-refractivity contribution in [3.63, 3.8) is 0 Å². The minimum atomic E-state index is -1.07. The summed E-state index contributed by atoms with van der Waals surface area (Å²) in [5.41, 5.74) is 0.642. The van der Waals surface area contributed by atoms with Gasteiger partial charge in [-0.05, 0) is 43.2 Å². The smallest absolute Gasteiger partial charge is 0.326 e. The van der Waals surface area contributed by atoms with Crippen LogP contribution in [-0.2, 0) is 14.4 Å². The average Bonchev–Trinajstić information content (AvgIpc) is 2.95. The van der Waals surface area contributed by atoms with Crippen LogP contribution in [0, 0.1) is 0 Å². The van der Waals surface area contributed by atoms with Crippen LogP contribution in [0.3, 0.4) is 0 Å². The molecule has 8 nitrogen and oxygen atoms in total. The number of hydrogen-bond donors (Lipinski definition) is 1. The zero-order chi connectivity index (χ0) is 20.3. The first-order valence-corrected chi connectivity index (χ1v) is 9.64. The van der Waals surface area contributed by atoms with Gasteiger partial charge in [0.2, 0.25) is 5.91 Å². The highest BCUT2D eigenvalue weighted by atomic mass is 32.2. The number of hydrogen-bond acceptors (Lipinski definition) is 6. The molecule has 148 valence electrons. The van der Waals surface area contributed by atoms with Gasteiger partial charge >= 0.3 is 5.97 Å². The second kappa shape index (κ2) is 8.47. The lowest BCUT2D eigenvalue weighted by atomic mass is 10.0. The highest BCUT2D eigenvalue weighted by Gasteiger charge is 2.39. The molecule has 1 aromatic rings. The SMILES string of the molecule is COc1ccccc1C=C1SC(=O)N(CC(=O)N2CCCCC2C(=O)O)C1=O. The molecule has 0 aliphatic carbocycles. The van der Waals surface area contributed by atoms with Crippen molar-refractivity contribution in [2.75, 3.05) is 20.2 Å². The van der Waals surface area contributed by atoms with Crippen molar-refractivity contribution in [1.29, 1.82) is 0 Å². The maximum Gasteiger partial charge on any atom is 0.326 e. The molecule has 2 fully saturated rings. The van der Waals surface area contributed by atoms with Crippen LogP contribution >= 0.6 is 11.8 Å². The predicted octanol–water partition coefficient (Wildman–Crippen LogP) is 2.20. The van der Waals surface area contributed by atoms with Gasteiger partial charge in [-0.25, -0.2) is 4.79 Å². The van der Waals surface area contributed by atoms with Gasteiger partial charge in [0.05, 0.1) is 12.0 Å². The molecule has 2 aliphatic rings. The Balaban J connectivity index is 1.76. The highest BCUT2D eigenvalue weighted by Crippen LogP contribution is 2.34. The molecule has 0 radical (unpaired) electrons. The van der Waals surface area contributed by atoms with E-state index in [2.05, 4.69) is 0 Å². The van der Waals surface area contributed by atoms with E-state index in [4.69, 9.17) is 4.74 Å². The van der Waals surface area contributed by atoms with E-state index in [0.717, 1.165) is 23.1 Å². The fourth-order valence-corrected chi connectivity index (χ4v) is 4.11. The third-order valence-electron chi connectivity index (χ3n) is 4.70. The molecule has 3 rings (SSSR count). The van der Waals surface area contributed by atoms with E-state index in [1.165, 1.54) is 12.0 Å². The molecule has 0 spiro atoms. The van der Waals surface area contributed by atoms with Gasteiger partial charge in [0.25, 0.3) is 11.1 Å². The largest absolute Gasteiger partial charge is 0.496 e. The first-order chi connectivity index (χ1) is 13.4. The molecule has 2 heterocycles. The summed E-state index contributed by atoms with van der Waals surface area (Å²) in [5.74, 6) is -1.62. The summed E-state index contributed by atoms with van der Waals surface area (Å²) >= 11 is 0.747. The Kier molecular flexibility index (Phi) is 6.03. The van der Waals surface area contributed by atoms with Crippen LogP contribution in [0.25, 0.3) is 6.08 Å². The first kappa shape index (κ1) is 19.9. The maximum atomic E-state index is 12.6. The van der Waals surface area contributed by atoms with Crippen molar-refractivity contribution in [3.05, 3.63) is 34.7 Å². The summed E-state index contributed by atoms with van der Waals surface area (Å²) in [6.07, 6.45) is 3.35. The number of nitrogens with zero attached hydrogens (tertiary/aromatic N) is 2. The summed E-state index contributed by atoms with van der Waals surface area (Å²) in [5, 5.41) is 8.76. The maximum absolute atomic E-state index is 12.6. The fraction of sp³-hybridized carbons (Fsp3) is 0.368. The summed E-state index contributed by atoms with van der Waals surface area (Å²) in [7, 11) is 1.51. The number of rotatable bonds is 5. The number of amides is 3. The molecule has 1 unspecified atom stereocenters. The molecule has 3 amide bonds. The number of thioether (sulfide) groups is 1. The van der Waals surface area contributed by atoms with Crippen molar-refractivity contribution in [2.45, 2.75) is 25.3 Å². The van der Waals surface area contributed by atoms with E-state index in [1.54, 1.807) is 30.3 Å². The summed E-state index contributed by atoms with van der Waals surface area (Å²) in [4.78, 5) is 51.2. The van der Waals surface area contributed by atoms with Gasteiger partial charge < -0.3 is 14.7 Å². The molecule has 0 bridgehead atoms. The van der Waals surface area contributed by atoms with Gasteiger partial charge in [0.1, 0.15) is 18.3 Å². The van der Waals surface area contributed by atoms with Crippen LogP contribution in [0.1, 0.15) is 24.8 Å². The lowest BCUT2D eigenvalue weighted by molar-refractivity contribution is -0.152. The van der Waals surface area contributed by atoms with Gasteiger partial charge in [-0.3, -0.25) is 19.3 Å². The van der Waals surface area contributed by atoms with E-state index in [0.29, 0.717) is 30.7 Å². The van der Waals surface area contributed by atoms with Gasteiger partial charge in [0, 0.05) is 12.1 Å². The van der Waals surface area contributed by atoms with Crippen molar-refractivity contribution in [3.8, 4) is 5.75 Å². The van der Waals surface area contributed by atoms with Gasteiger partial charge in [-0.15, -0.1) is 0 Å². The quantitative estimate of drug-likeness (QED) is 0.750. The third kappa shape index (κ3) is 4.04. The van der Waals surface area contributed by atoms with Crippen molar-refractivity contribution >= 4 is 40.9 Å². The molecular formula is C19H20N2O6S. The molecular weight excluding hydrogens is 384 g/mol. The van der Waals surface area contributed by atoms with E-state index < -0.39 is 35.6 Å². The number of ether oxygens (including phenoxy) is 1. The van der Waals surface area contributed by atoms with E-state index in [-0.39, 0.29) is 4.91 Å². The molecule has 1 N–H and O–H groups in total. The Labute approximate surface area is 166 Å². The molecule has 2 aliphatic heterocycles. The Morgan fingerprint density at radius 1 is 1.29 bits per heavy atom. The second-order valence-corrected chi connectivity index (χ2v) is 7.44. The zero-order valence-electron chi connectivity index (χ0n) is 15.3. The Hall–Kier alpha value is -2.81. The average molecular weight is 404 g/mol. The van der Waals surface area contributed by atoms with Crippen LogP contribution in [0.2, 0.25) is 0 Å². The molecule has 2 saturated heterocycles. The molecule has 0 aromatic heterocycles. The number of benzene rings is 1. The standard InChI is InChI=1S/C19H20N2O6S/c1-27-14-8-3-2-6-12(14)10-15-17(23)21(19(26)28-15)11-16(22)20-9-5-4-7-13(20)18(24)25/h2-3,6,8,10,13H,4-5,7,9,11H2,1H3,(H,24,25). The number of imide groups is 1. The first-order valence-electron chi connectivity index (χ1n) is 8.83. The van der Waals surface area contributed by atoms with Crippen molar-refractivity contribution in [2.24, 2.45) is 0 Å². The zero-order valence-corrected chi connectivity index (χ0v) is 16.1. The fourth-order valence-electron chi connectivity index (χ4n) is 3.28. The summed E-state index contributed by atoms with van der Waals surface area (Å²) in [6.45, 7) is -0.152. The van der Waals surface area contributed by atoms with Crippen LogP contribution < -0.4 is 4.74 Å². The lowest BCUT2D eigenvalue weighted by Gasteiger charge is -2.33. The van der Waals surface area contributed by atoms with Gasteiger partial charge in [-0.1, -0.05) is 18.2 Å². The van der Waals surface area contributed by atoms with E-state index in [1.807, 2.05) is 0 Å². The predicted molar refractivity (Wildman–Crippen MR) is 103 cm³/mol. The van der Waals surface area contributed by atoms with Crippen LogP contribution in [0.4, 0.5) is 4.79 Å². The van der Waals surface area contributed by atoms with Gasteiger partial charge in [-0.2, -0.15) is 0 Å². The number of para-hydroxylation sites is 1. The van der Waals surface area contributed by atoms with Crippen LogP contribution in [0.15, 0.2) is 29.2 Å². The number of likely N-dealkylation sites (tertiary alicyclic amines) is 1. The molecule has 9 heteroatoms. The molecule has 1 aromatic carbocycles. The Morgan fingerprint density at radius 2 is 2.04 bits per heavy atom. The van der Waals surface area contributed by atoms with E-state index in [9.17, 15) is 24.3 Å². The van der Waals surface area contributed by atoms with E-state index >= 15 is 0 Å². The topological polar surface area (TPSA) is 104 Å². The third-order valence-corrected chi connectivity index (χ3v) is 5.61. The monoisotopic (exact) mass is 404 g/mol. The number of carbonyl (C=O) groups excluding carboxylic acids is 3. The Morgan fingerprint density at radius 3 is 2.75 bits per heavy atom. The second-order valence-electron chi connectivity index (χ2n) is 6.45. The lowest BCUT2D eigenvalue weighted by Crippen LogP contribution is -2.51. The molecule has 0 saturated carbocycles. The van der Waals surface area contributed by atoms with Gasteiger partial charge in [0.15, 0.2) is 0 Å². The van der Waals surface area contributed by atoms with Crippen molar-refractivity contribution < 1.29 is 29.0 Å². The number of carboxylic acids is 1. The minimum absolute atomic E-state index is 0.190. The number of piperidine rings is 1. The minimum Gasteiger partial charge on any atom is -0.496 e. The number of aliphatic carboxylic acids is 1. The molecule has 1 atom stereocenters. The number of methoxy groups -OCH3 is 1. The summed E-state index contributed by atoms with van der Waals surface area (Å²) in [6, 6.07) is 6.15. The van der Waals surface area contributed by atoms with Crippen molar-refractivity contribution in [1.82, 2.24) is 9.80 Å². The normalized spacial score (nSPS) is 21.3. The number of carbonyl (C=O) groups is 4. The van der Waals surface area contributed by atoms with Crippen LogP contribution in [-0.4, -0.2) is 64.2 Å². The highest BCUT2D eigenvalue weighted by molar-refractivity contribution is 8.18. The number of carboxylic acid groups (broad SMARTS) is 1. The summed E-state index contributed by atoms with van der Waals surface area (Å²) < 4.78 is 5.24. The van der Waals surface area contributed by atoms with Crippen LogP contribution in [0.5, 0.6) is 5.75 Å². The Bertz CT molecular complexity index is 853.